The SMILES string of the molecule is CCN1CCN(C(=O)c2sc(N(C)C)nc2N)CC1C. The molecule has 2 rings (SSSR count). The Kier molecular flexibility index (Phi) is 4.49. The normalized spacial score (nSPS) is 20.2. The first-order valence-electron chi connectivity index (χ1n) is 6.91. The van der Waals surface area contributed by atoms with Gasteiger partial charge in [-0.1, -0.05) is 18.3 Å². The van der Waals surface area contributed by atoms with E-state index in [1.54, 1.807) is 0 Å². The van der Waals surface area contributed by atoms with Gasteiger partial charge in [0.05, 0.1) is 0 Å². The van der Waals surface area contributed by atoms with Crippen molar-refractivity contribution < 1.29 is 4.79 Å². The summed E-state index contributed by atoms with van der Waals surface area (Å²) in [6.07, 6.45) is 0. The highest BCUT2D eigenvalue weighted by atomic mass is 32.1. The molecular weight excluding hydrogens is 274 g/mol. The molecule has 0 spiro atoms. The van der Waals surface area contributed by atoms with Gasteiger partial charge >= 0.3 is 0 Å². The van der Waals surface area contributed by atoms with Crippen molar-refractivity contribution in [3.8, 4) is 0 Å². The molecule has 0 radical (unpaired) electrons. The third-order valence-corrected chi connectivity index (χ3v) is 4.90. The monoisotopic (exact) mass is 297 g/mol. The third-order valence-electron chi connectivity index (χ3n) is 3.68. The Morgan fingerprint density at radius 3 is 2.70 bits per heavy atom. The molecule has 0 aromatic carbocycles. The van der Waals surface area contributed by atoms with Crippen LogP contribution >= 0.6 is 11.3 Å². The van der Waals surface area contributed by atoms with E-state index in [0.29, 0.717) is 16.7 Å². The van der Waals surface area contributed by atoms with E-state index in [4.69, 9.17) is 5.73 Å². The maximum absolute atomic E-state index is 12.6. The van der Waals surface area contributed by atoms with Gasteiger partial charge in [0.2, 0.25) is 0 Å². The lowest BCUT2D eigenvalue weighted by Gasteiger charge is -2.39. The highest BCUT2D eigenvalue weighted by Crippen LogP contribution is 2.28. The van der Waals surface area contributed by atoms with Gasteiger partial charge in [0.1, 0.15) is 10.7 Å². The first-order valence-corrected chi connectivity index (χ1v) is 7.72. The van der Waals surface area contributed by atoms with E-state index in [9.17, 15) is 4.79 Å². The molecule has 6 nitrogen and oxygen atoms in total. The summed E-state index contributed by atoms with van der Waals surface area (Å²) in [4.78, 5) is 23.5. The van der Waals surface area contributed by atoms with Gasteiger partial charge in [-0.3, -0.25) is 9.69 Å². The lowest BCUT2D eigenvalue weighted by molar-refractivity contribution is 0.0533. The van der Waals surface area contributed by atoms with Gasteiger partial charge in [0.15, 0.2) is 5.13 Å². The number of amides is 1. The fourth-order valence-corrected chi connectivity index (χ4v) is 3.33. The summed E-state index contributed by atoms with van der Waals surface area (Å²) in [5.74, 6) is 0.352. The van der Waals surface area contributed by atoms with Crippen LogP contribution in [0.2, 0.25) is 0 Å². The fourth-order valence-electron chi connectivity index (χ4n) is 2.46. The maximum atomic E-state index is 12.6. The summed E-state index contributed by atoms with van der Waals surface area (Å²) < 4.78 is 0. The first-order chi connectivity index (χ1) is 9.43. The van der Waals surface area contributed by atoms with Gasteiger partial charge < -0.3 is 15.5 Å². The number of aromatic nitrogens is 1. The van der Waals surface area contributed by atoms with Crippen LogP contribution in [0.25, 0.3) is 0 Å². The van der Waals surface area contributed by atoms with Gasteiger partial charge in [-0.2, -0.15) is 0 Å². The summed E-state index contributed by atoms with van der Waals surface area (Å²) in [6, 6.07) is 0.389. The van der Waals surface area contributed by atoms with E-state index >= 15 is 0 Å². The number of nitrogen functional groups attached to an aromatic ring is 1. The smallest absolute Gasteiger partial charge is 0.267 e. The number of anilines is 2. The molecule has 1 aliphatic rings. The quantitative estimate of drug-likeness (QED) is 0.900. The Hall–Kier alpha value is -1.34. The second-order valence-corrected chi connectivity index (χ2v) is 6.31. The molecule has 2 heterocycles. The van der Waals surface area contributed by atoms with Crippen LogP contribution in [-0.4, -0.2) is 67.0 Å². The number of piperazine rings is 1. The van der Waals surface area contributed by atoms with Crippen molar-refractivity contribution in [2.24, 2.45) is 0 Å². The molecule has 0 bridgehead atoms. The number of hydrogen-bond donors (Lipinski definition) is 1. The van der Waals surface area contributed by atoms with Crippen molar-refractivity contribution in [1.29, 1.82) is 0 Å². The van der Waals surface area contributed by atoms with Gasteiger partial charge in [0.25, 0.3) is 5.91 Å². The van der Waals surface area contributed by atoms with E-state index in [2.05, 4.69) is 23.7 Å². The molecule has 1 saturated heterocycles. The van der Waals surface area contributed by atoms with Gasteiger partial charge in [-0.05, 0) is 13.5 Å². The molecule has 1 unspecified atom stereocenters. The Balaban J connectivity index is 2.12. The number of hydrogen-bond acceptors (Lipinski definition) is 6. The second kappa shape index (κ2) is 5.97. The lowest BCUT2D eigenvalue weighted by atomic mass is 10.2. The van der Waals surface area contributed by atoms with Crippen molar-refractivity contribution in [3.05, 3.63) is 4.88 Å². The fraction of sp³-hybridized carbons (Fsp3) is 0.692. The Morgan fingerprint density at radius 2 is 2.20 bits per heavy atom. The molecule has 1 fully saturated rings. The molecule has 2 N–H and O–H groups in total. The maximum Gasteiger partial charge on any atom is 0.267 e. The van der Waals surface area contributed by atoms with Crippen LogP contribution in [0, 0.1) is 0 Å². The number of likely N-dealkylation sites (N-methyl/N-ethyl adjacent to an activating group) is 1. The highest BCUT2D eigenvalue weighted by molar-refractivity contribution is 7.18. The summed E-state index contributed by atoms with van der Waals surface area (Å²) in [6.45, 7) is 7.76. The number of carbonyl (C=O) groups is 1. The lowest BCUT2D eigenvalue weighted by Crippen LogP contribution is -2.53. The van der Waals surface area contributed by atoms with Crippen LogP contribution in [0.5, 0.6) is 0 Å². The van der Waals surface area contributed by atoms with E-state index in [-0.39, 0.29) is 5.91 Å². The van der Waals surface area contributed by atoms with Crippen LogP contribution in [0.1, 0.15) is 23.5 Å². The van der Waals surface area contributed by atoms with Crippen LogP contribution in [0.4, 0.5) is 10.9 Å². The largest absolute Gasteiger partial charge is 0.382 e. The molecule has 0 saturated carbocycles. The number of nitrogens with zero attached hydrogens (tertiary/aromatic N) is 4. The summed E-state index contributed by atoms with van der Waals surface area (Å²) in [7, 11) is 3.79. The van der Waals surface area contributed by atoms with E-state index in [1.165, 1.54) is 11.3 Å². The molecule has 1 aromatic heterocycles. The van der Waals surface area contributed by atoms with E-state index in [0.717, 1.165) is 31.3 Å². The predicted molar refractivity (Wildman–Crippen MR) is 83.5 cm³/mol. The highest BCUT2D eigenvalue weighted by Gasteiger charge is 2.29. The molecule has 1 atom stereocenters. The van der Waals surface area contributed by atoms with Gasteiger partial charge in [0, 0.05) is 39.8 Å². The van der Waals surface area contributed by atoms with Gasteiger partial charge in [-0.25, -0.2) is 4.98 Å². The van der Waals surface area contributed by atoms with Crippen molar-refractivity contribution in [1.82, 2.24) is 14.8 Å². The standard InChI is InChI=1S/C13H23N5OS/c1-5-17-6-7-18(8-9(17)2)12(19)10-11(14)15-13(20-10)16(3)4/h9H,5-8,14H2,1-4H3. The molecule has 1 aliphatic heterocycles. The van der Waals surface area contributed by atoms with E-state index < -0.39 is 0 Å². The topological polar surface area (TPSA) is 65.7 Å². The second-order valence-electron chi connectivity index (χ2n) is 5.33. The molecule has 0 aliphatic carbocycles. The Bertz CT molecular complexity index is 487. The zero-order valence-electron chi connectivity index (χ0n) is 12.6. The number of carbonyl (C=O) groups excluding carboxylic acids is 1. The van der Waals surface area contributed by atoms with Crippen molar-refractivity contribution in [2.45, 2.75) is 19.9 Å². The Labute approximate surface area is 124 Å². The van der Waals surface area contributed by atoms with Gasteiger partial charge in [-0.15, -0.1) is 0 Å². The predicted octanol–water partition coefficient (Wildman–Crippen LogP) is 0.957. The summed E-state index contributed by atoms with van der Waals surface area (Å²) in [5, 5.41) is 0.770. The molecular formula is C13H23N5OS. The van der Waals surface area contributed by atoms with Crippen LogP contribution in [-0.2, 0) is 0 Å². The van der Waals surface area contributed by atoms with Crippen molar-refractivity contribution in [3.63, 3.8) is 0 Å². The van der Waals surface area contributed by atoms with Crippen LogP contribution < -0.4 is 10.6 Å². The third kappa shape index (κ3) is 2.88. The minimum absolute atomic E-state index is 0.00991. The zero-order chi connectivity index (χ0) is 14.9. The minimum Gasteiger partial charge on any atom is -0.382 e. The zero-order valence-corrected chi connectivity index (χ0v) is 13.4. The first kappa shape index (κ1) is 15.1. The average Bonchev–Trinajstić information content (AvgIpc) is 2.80. The van der Waals surface area contributed by atoms with E-state index in [1.807, 2.05) is 23.9 Å². The van der Waals surface area contributed by atoms with Crippen LogP contribution in [0.3, 0.4) is 0 Å². The summed E-state index contributed by atoms with van der Waals surface area (Å²) >= 11 is 1.36. The van der Waals surface area contributed by atoms with Crippen molar-refractivity contribution >= 4 is 28.2 Å². The Morgan fingerprint density at radius 1 is 1.50 bits per heavy atom. The minimum atomic E-state index is 0.00991. The van der Waals surface area contributed by atoms with Crippen LogP contribution in [0.15, 0.2) is 0 Å². The number of nitrogens with two attached hydrogens (primary N) is 1. The molecule has 7 heteroatoms. The molecule has 1 aromatic rings. The molecule has 20 heavy (non-hydrogen) atoms. The molecule has 1 amide bonds. The number of rotatable bonds is 3. The molecule has 112 valence electrons. The average molecular weight is 297 g/mol. The summed E-state index contributed by atoms with van der Waals surface area (Å²) in [5.41, 5.74) is 5.89. The van der Waals surface area contributed by atoms with Crippen molar-refractivity contribution in [2.75, 3.05) is 50.9 Å². The number of thiazole rings is 1.